The maximum atomic E-state index is 14.1. The lowest BCUT2D eigenvalue weighted by Crippen LogP contribution is -2.25. The summed E-state index contributed by atoms with van der Waals surface area (Å²) in [5, 5.41) is 7.70. The molecule has 0 amide bonds. The zero-order chi connectivity index (χ0) is 14.7. The first-order valence-electron chi connectivity index (χ1n) is 6.69. The number of hydrogen-bond donors (Lipinski definition) is 1. The van der Waals surface area contributed by atoms with Gasteiger partial charge in [-0.3, -0.25) is 4.68 Å². The number of halogens is 2. The van der Waals surface area contributed by atoms with E-state index in [1.54, 1.807) is 6.07 Å². The maximum absolute atomic E-state index is 14.1. The Morgan fingerprint density at radius 2 is 2.20 bits per heavy atom. The number of nitrogens with zero attached hydrogens (tertiary/aromatic N) is 2. The lowest BCUT2D eigenvalue weighted by atomic mass is 10.0. The molecule has 2 aromatic rings. The third kappa shape index (κ3) is 3.27. The largest absolute Gasteiger partial charge is 0.310 e. The van der Waals surface area contributed by atoms with Crippen LogP contribution in [0.15, 0.2) is 28.7 Å². The summed E-state index contributed by atoms with van der Waals surface area (Å²) in [5.74, 6) is -0.191. The quantitative estimate of drug-likeness (QED) is 0.903. The van der Waals surface area contributed by atoms with Gasteiger partial charge < -0.3 is 5.32 Å². The van der Waals surface area contributed by atoms with Crippen LogP contribution < -0.4 is 5.32 Å². The zero-order valence-corrected chi connectivity index (χ0v) is 13.5. The Kier molecular flexibility index (Phi) is 4.94. The Bertz CT molecular complexity index is 575. The van der Waals surface area contributed by atoms with Crippen LogP contribution in [0, 0.1) is 12.7 Å². The van der Waals surface area contributed by atoms with Gasteiger partial charge in [0.15, 0.2) is 0 Å². The lowest BCUT2D eigenvalue weighted by molar-refractivity contribution is 0.495. The van der Waals surface area contributed by atoms with Crippen LogP contribution in [0.4, 0.5) is 4.39 Å². The molecule has 108 valence electrons. The van der Waals surface area contributed by atoms with E-state index in [1.807, 2.05) is 37.7 Å². The molecule has 0 spiro atoms. The molecule has 1 atom stereocenters. The minimum atomic E-state index is -0.191. The van der Waals surface area contributed by atoms with Gasteiger partial charge in [-0.05, 0) is 31.7 Å². The maximum Gasteiger partial charge on any atom is 0.129 e. The summed E-state index contributed by atoms with van der Waals surface area (Å²) in [5.41, 5.74) is 2.74. The average Bonchev–Trinajstić information content (AvgIpc) is 2.67. The van der Waals surface area contributed by atoms with Crippen LogP contribution in [0.2, 0.25) is 0 Å². The second-order valence-electron chi connectivity index (χ2n) is 4.85. The highest BCUT2D eigenvalue weighted by Crippen LogP contribution is 2.28. The van der Waals surface area contributed by atoms with Crippen molar-refractivity contribution in [3.8, 4) is 0 Å². The first-order chi connectivity index (χ1) is 9.52. The van der Waals surface area contributed by atoms with E-state index in [0.29, 0.717) is 12.0 Å². The van der Waals surface area contributed by atoms with E-state index in [9.17, 15) is 4.39 Å². The van der Waals surface area contributed by atoms with Crippen molar-refractivity contribution in [1.29, 1.82) is 0 Å². The topological polar surface area (TPSA) is 29.9 Å². The molecule has 1 N–H and O–H groups in total. The standard InChI is InChI=1S/C15H19BrFN3/c1-4-18-14(9-11-8-10(2)19-20(11)3)15-12(16)6-5-7-13(15)17/h5-8,14,18H,4,9H2,1-3H3. The summed E-state index contributed by atoms with van der Waals surface area (Å²) in [6.07, 6.45) is 0.699. The number of rotatable bonds is 5. The van der Waals surface area contributed by atoms with E-state index in [-0.39, 0.29) is 11.9 Å². The van der Waals surface area contributed by atoms with Crippen LogP contribution in [0.25, 0.3) is 0 Å². The van der Waals surface area contributed by atoms with Gasteiger partial charge in [-0.1, -0.05) is 28.9 Å². The van der Waals surface area contributed by atoms with Crippen molar-refractivity contribution < 1.29 is 4.39 Å². The summed E-state index contributed by atoms with van der Waals surface area (Å²) in [4.78, 5) is 0. The number of aromatic nitrogens is 2. The molecule has 2 rings (SSSR count). The first-order valence-corrected chi connectivity index (χ1v) is 7.49. The van der Waals surface area contributed by atoms with Gasteiger partial charge in [0.25, 0.3) is 0 Å². The monoisotopic (exact) mass is 339 g/mol. The SMILES string of the molecule is CCNC(Cc1cc(C)nn1C)c1c(F)cccc1Br. The predicted octanol–water partition coefficient (Wildman–Crippen LogP) is 3.52. The molecular formula is C15H19BrFN3. The molecule has 1 aromatic carbocycles. The van der Waals surface area contributed by atoms with E-state index in [2.05, 4.69) is 26.3 Å². The van der Waals surface area contributed by atoms with Gasteiger partial charge in [-0.15, -0.1) is 0 Å². The highest BCUT2D eigenvalue weighted by molar-refractivity contribution is 9.10. The molecule has 0 fully saturated rings. The Morgan fingerprint density at radius 1 is 1.45 bits per heavy atom. The molecule has 3 nitrogen and oxygen atoms in total. The fraction of sp³-hybridized carbons (Fsp3) is 0.400. The van der Waals surface area contributed by atoms with Crippen molar-refractivity contribution >= 4 is 15.9 Å². The lowest BCUT2D eigenvalue weighted by Gasteiger charge is -2.20. The van der Waals surface area contributed by atoms with Crippen molar-refractivity contribution in [3.05, 3.63) is 51.5 Å². The molecule has 5 heteroatoms. The first kappa shape index (κ1) is 15.2. The van der Waals surface area contributed by atoms with Crippen molar-refractivity contribution in [2.45, 2.75) is 26.3 Å². The normalized spacial score (nSPS) is 12.7. The van der Waals surface area contributed by atoms with E-state index < -0.39 is 0 Å². The molecule has 0 bridgehead atoms. The summed E-state index contributed by atoms with van der Waals surface area (Å²) in [6, 6.07) is 7.04. The predicted molar refractivity (Wildman–Crippen MR) is 82.2 cm³/mol. The van der Waals surface area contributed by atoms with Crippen LogP contribution in [-0.2, 0) is 13.5 Å². The smallest absolute Gasteiger partial charge is 0.129 e. The van der Waals surface area contributed by atoms with Gasteiger partial charge in [0, 0.05) is 35.2 Å². The van der Waals surface area contributed by atoms with Crippen LogP contribution in [0.3, 0.4) is 0 Å². The molecule has 1 heterocycles. The summed E-state index contributed by atoms with van der Waals surface area (Å²) in [6.45, 7) is 4.77. The number of benzene rings is 1. The minimum Gasteiger partial charge on any atom is -0.310 e. The average molecular weight is 340 g/mol. The fourth-order valence-electron chi connectivity index (χ4n) is 2.43. The van der Waals surface area contributed by atoms with E-state index in [4.69, 9.17) is 0 Å². The molecular weight excluding hydrogens is 321 g/mol. The number of likely N-dealkylation sites (N-methyl/N-ethyl adjacent to an activating group) is 1. The molecule has 0 aliphatic rings. The van der Waals surface area contributed by atoms with E-state index in [0.717, 1.165) is 22.4 Å². The Morgan fingerprint density at radius 3 is 2.75 bits per heavy atom. The third-order valence-corrected chi connectivity index (χ3v) is 4.00. The van der Waals surface area contributed by atoms with E-state index >= 15 is 0 Å². The summed E-state index contributed by atoms with van der Waals surface area (Å²) >= 11 is 3.45. The second-order valence-corrected chi connectivity index (χ2v) is 5.70. The van der Waals surface area contributed by atoms with Crippen molar-refractivity contribution in [3.63, 3.8) is 0 Å². The number of hydrogen-bond acceptors (Lipinski definition) is 2. The Hall–Kier alpha value is -1.20. The molecule has 0 radical (unpaired) electrons. The van der Waals surface area contributed by atoms with Crippen molar-refractivity contribution in [2.75, 3.05) is 6.54 Å². The van der Waals surface area contributed by atoms with Gasteiger partial charge in [0.1, 0.15) is 5.82 Å². The van der Waals surface area contributed by atoms with Crippen LogP contribution >= 0.6 is 15.9 Å². The molecule has 0 saturated heterocycles. The van der Waals surface area contributed by atoms with Crippen LogP contribution in [-0.4, -0.2) is 16.3 Å². The van der Waals surface area contributed by atoms with Gasteiger partial charge in [0.05, 0.1) is 5.69 Å². The van der Waals surface area contributed by atoms with Gasteiger partial charge in [-0.2, -0.15) is 5.10 Å². The summed E-state index contributed by atoms with van der Waals surface area (Å²) < 4.78 is 16.8. The van der Waals surface area contributed by atoms with E-state index in [1.165, 1.54) is 6.07 Å². The highest BCUT2D eigenvalue weighted by Gasteiger charge is 2.20. The van der Waals surface area contributed by atoms with Gasteiger partial charge in [-0.25, -0.2) is 4.39 Å². The van der Waals surface area contributed by atoms with Crippen molar-refractivity contribution in [2.24, 2.45) is 7.05 Å². The van der Waals surface area contributed by atoms with Gasteiger partial charge in [0.2, 0.25) is 0 Å². The van der Waals surface area contributed by atoms with Crippen LogP contribution in [0.5, 0.6) is 0 Å². The Labute approximate surface area is 127 Å². The number of aryl methyl sites for hydroxylation is 2. The molecule has 1 aromatic heterocycles. The zero-order valence-electron chi connectivity index (χ0n) is 12.0. The van der Waals surface area contributed by atoms with Crippen molar-refractivity contribution in [1.82, 2.24) is 15.1 Å². The highest BCUT2D eigenvalue weighted by atomic mass is 79.9. The molecule has 0 aliphatic carbocycles. The van der Waals surface area contributed by atoms with Crippen LogP contribution in [0.1, 0.15) is 29.9 Å². The van der Waals surface area contributed by atoms with Gasteiger partial charge >= 0.3 is 0 Å². The molecule has 0 aliphatic heterocycles. The fourth-order valence-corrected chi connectivity index (χ4v) is 3.05. The minimum absolute atomic E-state index is 0.0784. The molecule has 20 heavy (non-hydrogen) atoms. The molecule has 1 unspecified atom stereocenters. The Balaban J connectivity index is 2.34. The third-order valence-electron chi connectivity index (χ3n) is 3.31. The summed E-state index contributed by atoms with van der Waals surface area (Å²) in [7, 11) is 1.92. The molecule has 0 saturated carbocycles. The second kappa shape index (κ2) is 6.50. The number of nitrogens with one attached hydrogen (secondary N) is 1.